The second-order valence-corrected chi connectivity index (χ2v) is 6.00. The van der Waals surface area contributed by atoms with Gasteiger partial charge in [-0.15, -0.1) is 12.3 Å². The van der Waals surface area contributed by atoms with Gasteiger partial charge < -0.3 is 9.47 Å². The highest BCUT2D eigenvalue weighted by molar-refractivity contribution is 5.69. The van der Waals surface area contributed by atoms with Crippen LogP contribution in [0.1, 0.15) is 47.5 Å². The van der Waals surface area contributed by atoms with Crippen LogP contribution in [0.5, 0.6) is 0 Å². The second kappa shape index (κ2) is 5.19. The van der Waals surface area contributed by atoms with E-state index in [1.165, 1.54) is 0 Å². The predicted octanol–water partition coefficient (Wildman–Crippen LogP) is 2.77. The maximum Gasteiger partial charge on any atom is 0.412 e. The molecule has 0 aromatic heterocycles. The van der Waals surface area contributed by atoms with E-state index >= 15 is 0 Å². The first-order valence-corrected chi connectivity index (χ1v) is 6.27. The highest BCUT2D eigenvalue weighted by atomic mass is 16.6. The van der Waals surface area contributed by atoms with Gasteiger partial charge in [0, 0.05) is 6.42 Å². The fourth-order valence-corrected chi connectivity index (χ4v) is 2.03. The molecule has 0 aliphatic carbocycles. The lowest BCUT2D eigenvalue weighted by Crippen LogP contribution is -2.49. The number of carbonyl (C=O) groups is 1. The third-order valence-corrected chi connectivity index (χ3v) is 2.79. The Hall–Kier alpha value is -1.21. The summed E-state index contributed by atoms with van der Waals surface area (Å²) in [6.45, 7) is 9.80. The molecule has 0 aromatic rings. The topological polar surface area (TPSA) is 38.8 Å². The molecule has 1 amide bonds. The van der Waals surface area contributed by atoms with Crippen molar-refractivity contribution in [1.29, 1.82) is 0 Å². The van der Waals surface area contributed by atoms with Crippen LogP contribution in [0.2, 0.25) is 0 Å². The number of hydrogen-bond acceptors (Lipinski definition) is 3. The van der Waals surface area contributed by atoms with E-state index in [0.29, 0.717) is 13.0 Å². The zero-order chi connectivity index (χ0) is 14.0. The van der Waals surface area contributed by atoms with Gasteiger partial charge in [0.1, 0.15) is 11.3 Å². The lowest BCUT2D eigenvalue weighted by atomic mass is 10.1. The van der Waals surface area contributed by atoms with E-state index in [-0.39, 0.29) is 12.1 Å². The van der Waals surface area contributed by atoms with E-state index < -0.39 is 11.3 Å². The molecule has 1 rings (SSSR count). The first kappa shape index (κ1) is 14.8. The minimum Gasteiger partial charge on any atom is -0.444 e. The molecule has 4 nitrogen and oxygen atoms in total. The van der Waals surface area contributed by atoms with Crippen LogP contribution in [0, 0.1) is 12.3 Å². The number of ether oxygens (including phenoxy) is 2. The van der Waals surface area contributed by atoms with E-state index in [1.807, 2.05) is 34.6 Å². The Bertz CT molecular complexity index is 349. The van der Waals surface area contributed by atoms with E-state index in [9.17, 15) is 4.79 Å². The molecule has 0 spiro atoms. The van der Waals surface area contributed by atoms with Crippen LogP contribution in [0.15, 0.2) is 0 Å². The molecule has 1 fully saturated rings. The van der Waals surface area contributed by atoms with Crippen molar-refractivity contribution < 1.29 is 14.3 Å². The lowest BCUT2D eigenvalue weighted by molar-refractivity contribution is -0.0626. The Morgan fingerprint density at radius 3 is 2.67 bits per heavy atom. The SMILES string of the molecule is C#CCC[C@H]1COC(C)(C)N1C(=O)OC(C)(C)C. The van der Waals surface area contributed by atoms with Crippen molar-refractivity contribution in [2.45, 2.75) is 64.8 Å². The van der Waals surface area contributed by atoms with Crippen molar-refractivity contribution in [1.82, 2.24) is 4.90 Å². The quantitative estimate of drug-likeness (QED) is 0.710. The number of nitrogens with zero attached hydrogens (tertiary/aromatic N) is 1. The van der Waals surface area contributed by atoms with E-state index in [0.717, 1.165) is 6.42 Å². The van der Waals surface area contributed by atoms with Crippen molar-refractivity contribution >= 4 is 6.09 Å². The highest BCUT2D eigenvalue weighted by Crippen LogP contribution is 2.31. The fraction of sp³-hybridized carbons (Fsp3) is 0.786. The molecule has 0 N–H and O–H groups in total. The molecular weight excluding hydrogens is 230 g/mol. The summed E-state index contributed by atoms with van der Waals surface area (Å²) in [7, 11) is 0. The largest absolute Gasteiger partial charge is 0.444 e. The molecule has 0 unspecified atom stereocenters. The minimum absolute atomic E-state index is 0.00843. The number of amides is 1. The Morgan fingerprint density at radius 1 is 1.56 bits per heavy atom. The maximum atomic E-state index is 12.2. The molecule has 1 heterocycles. The zero-order valence-electron chi connectivity index (χ0n) is 11.9. The van der Waals surface area contributed by atoms with Gasteiger partial charge in [-0.25, -0.2) is 4.79 Å². The molecule has 0 bridgehead atoms. The molecule has 18 heavy (non-hydrogen) atoms. The molecule has 1 aliphatic heterocycles. The fourth-order valence-electron chi connectivity index (χ4n) is 2.03. The van der Waals surface area contributed by atoms with Gasteiger partial charge in [0.05, 0.1) is 12.6 Å². The minimum atomic E-state index is -0.637. The molecule has 1 atom stereocenters. The Balaban J connectivity index is 2.79. The van der Waals surface area contributed by atoms with Gasteiger partial charge in [0.15, 0.2) is 0 Å². The molecule has 1 aliphatic rings. The van der Waals surface area contributed by atoms with E-state index in [1.54, 1.807) is 4.90 Å². The number of hydrogen-bond donors (Lipinski definition) is 0. The van der Waals surface area contributed by atoms with Crippen LogP contribution in [0.3, 0.4) is 0 Å². The molecule has 0 aromatic carbocycles. The monoisotopic (exact) mass is 253 g/mol. The lowest BCUT2D eigenvalue weighted by Gasteiger charge is -2.35. The summed E-state index contributed by atoms with van der Waals surface area (Å²) >= 11 is 0. The van der Waals surface area contributed by atoms with Gasteiger partial charge in [-0.2, -0.15) is 0 Å². The van der Waals surface area contributed by atoms with Gasteiger partial charge in [0.25, 0.3) is 0 Å². The van der Waals surface area contributed by atoms with Gasteiger partial charge in [-0.3, -0.25) is 4.90 Å². The summed E-state index contributed by atoms with van der Waals surface area (Å²) in [4.78, 5) is 13.9. The Kier molecular flexibility index (Phi) is 4.28. The summed E-state index contributed by atoms with van der Waals surface area (Å²) in [5.41, 5.74) is -1.14. The molecule has 1 saturated heterocycles. The third-order valence-electron chi connectivity index (χ3n) is 2.79. The predicted molar refractivity (Wildman–Crippen MR) is 70.0 cm³/mol. The van der Waals surface area contributed by atoms with Gasteiger partial charge >= 0.3 is 6.09 Å². The Labute approximate surface area is 110 Å². The van der Waals surface area contributed by atoms with Gasteiger partial charge in [0.2, 0.25) is 0 Å². The Morgan fingerprint density at radius 2 is 2.17 bits per heavy atom. The summed E-state index contributed by atoms with van der Waals surface area (Å²) in [6.07, 6.45) is 6.29. The number of rotatable bonds is 2. The van der Waals surface area contributed by atoms with Crippen molar-refractivity contribution in [3.8, 4) is 12.3 Å². The van der Waals surface area contributed by atoms with Crippen LogP contribution in [-0.2, 0) is 9.47 Å². The van der Waals surface area contributed by atoms with Crippen LogP contribution < -0.4 is 0 Å². The van der Waals surface area contributed by atoms with Crippen LogP contribution in [0.25, 0.3) is 0 Å². The standard InChI is InChI=1S/C14H23NO3/c1-7-8-9-11-10-17-14(5,6)15(11)12(16)18-13(2,3)4/h1,11H,8-10H2,2-6H3/t11-/m0/s1. The van der Waals surface area contributed by atoms with Crippen molar-refractivity contribution in [3.05, 3.63) is 0 Å². The van der Waals surface area contributed by atoms with Crippen molar-refractivity contribution in [2.24, 2.45) is 0 Å². The normalized spacial score (nSPS) is 22.7. The van der Waals surface area contributed by atoms with E-state index in [4.69, 9.17) is 15.9 Å². The van der Waals surface area contributed by atoms with Crippen LogP contribution >= 0.6 is 0 Å². The summed E-state index contributed by atoms with van der Waals surface area (Å²) in [6, 6.07) is -0.00843. The first-order chi connectivity index (χ1) is 8.17. The smallest absolute Gasteiger partial charge is 0.412 e. The number of terminal acetylenes is 1. The summed E-state index contributed by atoms with van der Waals surface area (Å²) in [5.74, 6) is 2.60. The zero-order valence-corrected chi connectivity index (χ0v) is 11.9. The van der Waals surface area contributed by atoms with Crippen LogP contribution in [-0.4, -0.2) is 35.0 Å². The summed E-state index contributed by atoms with van der Waals surface area (Å²) in [5, 5.41) is 0. The van der Waals surface area contributed by atoms with Crippen molar-refractivity contribution in [3.63, 3.8) is 0 Å². The maximum absolute atomic E-state index is 12.2. The molecule has 4 heteroatoms. The first-order valence-electron chi connectivity index (χ1n) is 6.27. The second-order valence-electron chi connectivity index (χ2n) is 6.00. The average molecular weight is 253 g/mol. The molecule has 0 radical (unpaired) electrons. The molecule has 0 saturated carbocycles. The van der Waals surface area contributed by atoms with Crippen LogP contribution in [0.4, 0.5) is 4.79 Å². The number of carbonyl (C=O) groups excluding carboxylic acids is 1. The van der Waals surface area contributed by atoms with Crippen molar-refractivity contribution in [2.75, 3.05) is 6.61 Å². The summed E-state index contributed by atoms with van der Waals surface area (Å²) < 4.78 is 11.1. The highest BCUT2D eigenvalue weighted by Gasteiger charge is 2.45. The third kappa shape index (κ3) is 3.64. The van der Waals surface area contributed by atoms with Gasteiger partial charge in [-0.05, 0) is 41.0 Å². The molecule has 102 valence electrons. The average Bonchev–Trinajstić information content (AvgIpc) is 2.48. The van der Waals surface area contributed by atoms with Gasteiger partial charge in [-0.1, -0.05) is 0 Å². The molecular formula is C14H23NO3. The van der Waals surface area contributed by atoms with E-state index in [2.05, 4.69) is 5.92 Å².